The first-order chi connectivity index (χ1) is 25.9. The fourth-order valence-corrected chi connectivity index (χ4v) is 4.55. The third kappa shape index (κ3) is 15.3. The Bertz CT molecular complexity index is 1700. The summed E-state index contributed by atoms with van der Waals surface area (Å²) in [5.74, 6) is 0.406. The van der Waals surface area contributed by atoms with Crippen molar-refractivity contribution in [2.24, 2.45) is 5.73 Å². The molecule has 0 aliphatic heterocycles. The standard InChI is InChI=1S/C37H47N9O7/c1-27(47)28-7-11-31(12-8-28)42-36-44-35(41-18-22-53-26-25-52-20-16-39-33(48)29-5-3-2-4-6-29)45-37(46-36)43-32-13-9-30(10-14-32)34(49)40-17-21-51-24-23-50-19-15-38/h2-14H,15-26,38H2,1H3,(H,39,48)(H,40,49)(H3,41,42,43,44,45,46). The maximum absolute atomic E-state index is 12.6. The predicted molar refractivity (Wildman–Crippen MR) is 201 cm³/mol. The Morgan fingerprint density at radius 2 is 0.962 bits per heavy atom. The number of ether oxygens (including phenoxy) is 4. The minimum Gasteiger partial charge on any atom is -0.378 e. The van der Waals surface area contributed by atoms with Gasteiger partial charge in [-0.05, 0) is 67.6 Å². The van der Waals surface area contributed by atoms with Crippen LogP contribution in [0.3, 0.4) is 0 Å². The molecule has 0 saturated heterocycles. The third-order valence-electron chi connectivity index (χ3n) is 7.22. The van der Waals surface area contributed by atoms with Gasteiger partial charge in [-0.25, -0.2) is 0 Å². The van der Waals surface area contributed by atoms with Gasteiger partial charge in [-0.15, -0.1) is 0 Å². The summed E-state index contributed by atoms with van der Waals surface area (Å²) < 4.78 is 21.9. The van der Waals surface area contributed by atoms with Crippen molar-refractivity contribution in [3.05, 3.63) is 95.6 Å². The first kappa shape index (κ1) is 40.3. The van der Waals surface area contributed by atoms with E-state index < -0.39 is 0 Å². The number of aromatic nitrogens is 3. The van der Waals surface area contributed by atoms with E-state index >= 15 is 0 Å². The van der Waals surface area contributed by atoms with E-state index in [9.17, 15) is 14.4 Å². The quantitative estimate of drug-likeness (QED) is 0.0427. The second-order valence-electron chi connectivity index (χ2n) is 11.3. The predicted octanol–water partition coefficient (Wildman–Crippen LogP) is 3.16. The van der Waals surface area contributed by atoms with Gasteiger partial charge in [0.25, 0.3) is 11.8 Å². The molecule has 2 amide bonds. The molecule has 53 heavy (non-hydrogen) atoms. The van der Waals surface area contributed by atoms with Crippen LogP contribution >= 0.6 is 0 Å². The van der Waals surface area contributed by atoms with Crippen molar-refractivity contribution in [3.63, 3.8) is 0 Å². The Kier molecular flexibility index (Phi) is 17.6. The van der Waals surface area contributed by atoms with E-state index in [2.05, 4.69) is 41.5 Å². The number of anilines is 5. The van der Waals surface area contributed by atoms with Gasteiger partial charge in [0.15, 0.2) is 5.78 Å². The number of hydrogen-bond acceptors (Lipinski definition) is 14. The number of amides is 2. The molecule has 16 heteroatoms. The lowest BCUT2D eigenvalue weighted by molar-refractivity contribution is 0.0511. The summed E-state index contributed by atoms with van der Waals surface area (Å²) in [5, 5.41) is 15.1. The summed E-state index contributed by atoms with van der Waals surface area (Å²) in [6.07, 6.45) is 0. The zero-order valence-electron chi connectivity index (χ0n) is 29.8. The Hall–Kier alpha value is -5.52. The van der Waals surface area contributed by atoms with Crippen molar-refractivity contribution >= 4 is 46.8 Å². The van der Waals surface area contributed by atoms with Crippen molar-refractivity contribution in [3.8, 4) is 0 Å². The Balaban J connectivity index is 1.24. The Morgan fingerprint density at radius 3 is 1.45 bits per heavy atom. The normalized spacial score (nSPS) is 10.8. The number of nitrogens with zero attached hydrogens (tertiary/aromatic N) is 3. The van der Waals surface area contributed by atoms with Gasteiger partial charge in [0, 0.05) is 54.2 Å². The Morgan fingerprint density at radius 1 is 0.528 bits per heavy atom. The van der Waals surface area contributed by atoms with Crippen LogP contribution in [0.1, 0.15) is 38.0 Å². The van der Waals surface area contributed by atoms with Crippen LogP contribution in [0.4, 0.5) is 29.2 Å². The van der Waals surface area contributed by atoms with Crippen molar-refractivity contribution in [1.29, 1.82) is 0 Å². The number of ketones is 1. The second-order valence-corrected chi connectivity index (χ2v) is 11.3. The number of carbonyl (C=O) groups is 3. The zero-order valence-corrected chi connectivity index (χ0v) is 29.8. The first-order valence-electron chi connectivity index (χ1n) is 17.3. The fraction of sp³-hybridized carbons (Fsp3) is 0.351. The molecular formula is C37H47N9O7. The highest BCUT2D eigenvalue weighted by Crippen LogP contribution is 2.20. The van der Waals surface area contributed by atoms with Gasteiger partial charge in [0.05, 0.1) is 52.9 Å². The molecule has 0 fully saturated rings. The lowest BCUT2D eigenvalue weighted by atomic mass is 10.1. The molecule has 4 rings (SSSR count). The molecule has 0 aliphatic rings. The highest BCUT2D eigenvalue weighted by molar-refractivity contribution is 5.95. The van der Waals surface area contributed by atoms with Crippen LogP contribution in [-0.2, 0) is 18.9 Å². The molecule has 1 aromatic heterocycles. The topological polar surface area (TPSA) is 213 Å². The maximum Gasteiger partial charge on any atom is 0.251 e. The smallest absolute Gasteiger partial charge is 0.251 e. The lowest BCUT2D eigenvalue weighted by Crippen LogP contribution is -2.27. The van der Waals surface area contributed by atoms with Crippen molar-refractivity contribution < 1.29 is 33.3 Å². The van der Waals surface area contributed by atoms with Crippen LogP contribution in [0.5, 0.6) is 0 Å². The second kappa shape index (κ2) is 23.1. The average Bonchev–Trinajstić information content (AvgIpc) is 3.17. The van der Waals surface area contributed by atoms with Gasteiger partial charge in [-0.1, -0.05) is 18.2 Å². The molecule has 7 N–H and O–H groups in total. The third-order valence-corrected chi connectivity index (χ3v) is 7.22. The van der Waals surface area contributed by atoms with E-state index in [4.69, 9.17) is 24.7 Å². The molecular weight excluding hydrogens is 682 g/mol. The number of nitrogens with two attached hydrogens (primary N) is 1. The van der Waals surface area contributed by atoms with Crippen LogP contribution in [0.15, 0.2) is 78.9 Å². The zero-order chi connectivity index (χ0) is 37.5. The molecule has 0 aliphatic carbocycles. The van der Waals surface area contributed by atoms with Crippen LogP contribution in [-0.4, -0.2) is 112 Å². The summed E-state index contributed by atoms with van der Waals surface area (Å²) in [7, 11) is 0. The fourth-order valence-electron chi connectivity index (χ4n) is 4.55. The molecule has 0 unspecified atom stereocenters. The van der Waals surface area contributed by atoms with E-state index in [-0.39, 0.29) is 29.5 Å². The Labute approximate surface area is 308 Å². The first-order valence-corrected chi connectivity index (χ1v) is 17.3. The SMILES string of the molecule is CC(=O)c1ccc(Nc2nc(NCCOCCOCCNC(=O)c3ccccc3)nc(Nc3ccc(C(=O)NCCOCCOCCN)cc3)n2)cc1. The van der Waals surface area contributed by atoms with Gasteiger partial charge in [0.1, 0.15) is 0 Å². The summed E-state index contributed by atoms with van der Waals surface area (Å²) in [6, 6.07) is 22.8. The number of rotatable bonds is 25. The molecule has 282 valence electrons. The highest BCUT2D eigenvalue weighted by atomic mass is 16.5. The molecule has 0 saturated carbocycles. The van der Waals surface area contributed by atoms with Crippen molar-refractivity contribution in [2.45, 2.75) is 6.92 Å². The summed E-state index contributed by atoms with van der Waals surface area (Å²) >= 11 is 0. The molecule has 4 aromatic rings. The van der Waals surface area contributed by atoms with E-state index in [0.717, 1.165) is 0 Å². The lowest BCUT2D eigenvalue weighted by Gasteiger charge is -2.12. The van der Waals surface area contributed by atoms with E-state index in [1.165, 1.54) is 6.92 Å². The van der Waals surface area contributed by atoms with E-state index in [0.29, 0.717) is 113 Å². The number of Topliss-reactive ketones (excluding diaryl/α,β-unsaturated/α-hetero) is 1. The largest absolute Gasteiger partial charge is 0.378 e. The van der Waals surface area contributed by atoms with Crippen molar-refractivity contribution in [1.82, 2.24) is 25.6 Å². The van der Waals surface area contributed by atoms with Crippen LogP contribution in [0, 0.1) is 0 Å². The van der Waals surface area contributed by atoms with Crippen LogP contribution in [0.2, 0.25) is 0 Å². The molecule has 3 aromatic carbocycles. The summed E-state index contributed by atoms with van der Waals surface area (Å²) in [6.45, 7) is 6.33. The van der Waals surface area contributed by atoms with Gasteiger partial charge >= 0.3 is 0 Å². The molecule has 0 spiro atoms. The highest BCUT2D eigenvalue weighted by Gasteiger charge is 2.10. The van der Waals surface area contributed by atoms with Gasteiger partial charge in [0.2, 0.25) is 17.8 Å². The average molecular weight is 730 g/mol. The van der Waals surface area contributed by atoms with Gasteiger partial charge < -0.3 is 51.3 Å². The number of carbonyl (C=O) groups excluding carboxylic acids is 3. The van der Waals surface area contributed by atoms with Gasteiger partial charge in [-0.3, -0.25) is 14.4 Å². The number of benzene rings is 3. The molecule has 1 heterocycles. The van der Waals surface area contributed by atoms with Crippen LogP contribution in [0.25, 0.3) is 0 Å². The number of hydrogen-bond donors (Lipinski definition) is 6. The van der Waals surface area contributed by atoms with E-state index in [1.54, 1.807) is 60.7 Å². The molecule has 0 atom stereocenters. The van der Waals surface area contributed by atoms with Crippen molar-refractivity contribution in [2.75, 3.05) is 95.0 Å². The minimum absolute atomic E-state index is 0.0337. The number of nitrogens with one attached hydrogen (secondary N) is 5. The monoisotopic (exact) mass is 729 g/mol. The summed E-state index contributed by atoms with van der Waals surface area (Å²) in [4.78, 5) is 49.9. The molecule has 0 radical (unpaired) electrons. The molecule has 0 bridgehead atoms. The van der Waals surface area contributed by atoms with Gasteiger partial charge in [-0.2, -0.15) is 15.0 Å². The maximum atomic E-state index is 12.6. The minimum atomic E-state index is -0.227. The molecule has 16 nitrogen and oxygen atoms in total. The van der Waals surface area contributed by atoms with Crippen LogP contribution < -0.4 is 32.3 Å². The van der Waals surface area contributed by atoms with E-state index in [1.807, 2.05) is 18.2 Å². The summed E-state index contributed by atoms with van der Waals surface area (Å²) in [5.41, 5.74) is 8.39.